The van der Waals surface area contributed by atoms with E-state index in [1.54, 1.807) is 0 Å². The Morgan fingerprint density at radius 1 is 1.62 bits per heavy atom. The second-order valence-corrected chi connectivity index (χ2v) is 3.62. The molecule has 0 aliphatic rings. The highest BCUT2D eigenvalue weighted by Crippen LogP contribution is 2.28. The topological polar surface area (TPSA) is 93.3 Å². The maximum absolute atomic E-state index is 12.3. The van der Waals surface area contributed by atoms with Crippen molar-refractivity contribution >= 4 is 34.2 Å². The van der Waals surface area contributed by atoms with Gasteiger partial charge in [-0.15, -0.1) is 0 Å². The van der Waals surface area contributed by atoms with Gasteiger partial charge in [0.25, 0.3) is 6.43 Å². The van der Waals surface area contributed by atoms with Gasteiger partial charge in [-0.3, -0.25) is 10.1 Å². The van der Waals surface area contributed by atoms with Crippen LogP contribution in [0.3, 0.4) is 0 Å². The van der Waals surface area contributed by atoms with Gasteiger partial charge in [0, 0.05) is 0 Å². The number of nitrogens with zero attached hydrogens (tertiary/aromatic N) is 2. The van der Waals surface area contributed by atoms with E-state index in [1.165, 1.54) is 22.6 Å². The zero-order chi connectivity index (χ0) is 12.5. The Kier molecular flexibility index (Phi) is 3.67. The number of carboxylic acid groups (broad SMARTS) is 1. The molecule has 0 unspecified atom stereocenters. The minimum absolute atomic E-state index is 0.377. The monoisotopic (exact) mass is 344 g/mol. The van der Waals surface area contributed by atoms with Crippen LogP contribution in [-0.2, 0) is 0 Å². The molecule has 0 saturated heterocycles. The van der Waals surface area contributed by atoms with E-state index < -0.39 is 34.3 Å². The van der Waals surface area contributed by atoms with Crippen molar-refractivity contribution in [3.63, 3.8) is 0 Å². The van der Waals surface area contributed by atoms with E-state index in [2.05, 4.69) is 4.98 Å². The zero-order valence-corrected chi connectivity index (χ0v) is 9.51. The van der Waals surface area contributed by atoms with Crippen LogP contribution >= 0.6 is 22.6 Å². The van der Waals surface area contributed by atoms with Crippen molar-refractivity contribution in [1.82, 2.24) is 4.98 Å². The molecule has 86 valence electrons. The van der Waals surface area contributed by atoms with E-state index in [9.17, 15) is 23.7 Å². The Morgan fingerprint density at radius 2 is 2.19 bits per heavy atom. The molecule has 0 aliphatic heterocycles. The Bertz CT molecular complexity index is 466. The van der Waals surface area contributed by atoms with Crippen molar-refractivity contribution in [2.45, 2.75) is 6.43 Å². The number of aromatic carboxylic acids is 1. The summed E-state index contributed by atoms with van der Waals surface area (Å²) in [5.41, 5.74) is -2.37. The Labute approximate surface area is 101 Å². The SMILES string of the molecule is O=C(O)c1cc(C(F)F)nc(I)c1[N+](=O)[O-]. The van der Waals surface area contributed by atoms with Crippen molar-refractivity contribution in [1.29, 1.82) is 0 Å². The quantitative estimate of drug-likeness (QED) is 0.393. The lowest BCUT2D eigenvalue weighted by Crippen LogP contribution is -2.08. The first kappa shape index (κ1) is 12.7. The lowest BCUT2D eigenvalue weighted by Gasteiger charge is -2.03. The first-order valence-electron chi connectivity index (χ1n) is 3.71. The van der Waals surface area contributed by atoms with E-state index in [0.29, 0.717) is 6.07 Å². The number of alkyl halides is 2. The van der Waals surface area contributed by atoms with Gasteiger partial charge in [-0.1, -0.05) is 0 Å². The highest BCUT2D eigenvalue weighted by atomic mass is 127. The summed E-state index contributed by atoms with van der Waals surface area (Å²) in [6.07, 6.45) is -2.98. The first-order chi connectivity index (χ1) is 7.34. The average molecular weight is 344 g/mol. The lowest BCUT2D eigenvalue weighted by atomic mass is 10.2. The van der Waals surface area contributed by atoms with Crippen LogP contribution in [0.1, 0.15) is 22.5 Å². The predicted octanol–water partition coefficient (Wildman–Crippen LogP) is 2.23. The number of halogens is 3. The van der Waals surface area contributed by atoms with Crippen LogP contribution in [0, 0.1) is 13.8 Å². The molecule has 1 aromatic heterocycles. The first-order valence-corrected chi connectivity index (χ1v) is 4.78. The van der Waals surface area contributed by atoms with Gasteiger partial charge in [-0.2, -0.15) is 0 Å². The van der Waals surface area contributed by atoms with Gasteiger partial charge in [0.15, 0.2) is 3.70 Å². The van der Waals surface area contributed by atoms with Crippen LogP contribution in [0.25, 0.3) is 0 Å². The number of carboxylic acids is 1. The predicted molar refractivity (Wildman–Crippen MR) is 55.5 cm³/mol. The van der Waals surface area contributed by atoms with E-state index >= 15 is 0 Å². The second kappa shape index (κ2) is 4.63. The summed E-state index contributed by atoms with van der Waals surface area (Å²) in [6.45, 7) is 0. The molecule has 0 aromatic carbocycles. The molecule has 0 atom stereocenters. The standard InChI is InChI=1S/C7H3F2IN2O4/c8-5(9)3-1-2(7(13)14)4(12(15)16)6(10)11-3/h1,5H,(H,13,14). The fraction of sp³-hybridized carbons (Fsp3) is 0.143. The van der Waals surface area contributed by atoms with Crippen LogP contribution in [0.2, 0.25) is 0 Å². The van der Waals surface area contributed by atoms with Crippen LogP contribution in [0.15, 0.2) is 6.07 Å². The molecule has 0 saturated carbocycles. The van der Waals surface area contributed by atoms with Gasteiger partial charge in [0.2, 0.25) is 0 Å². The van der Waals surface area contributed by atoms with Crippen molar-refractivity contribution < 1.29 is 23.6 Å². The van der Waals surface area contributed by atoms with E-state index in [0.717, 1.165) is 0 Å². The number of hydrogen-bond acceptors (Lipinski definition) is 4. The maximum Gasteiger partial charge on any atom is 0.342 e. The largest absolute Gasteiger partial charge is 0.477 e. The molecule has 0 spiro atoms. The Hall–Kier alpha value is -1.39. The van der Waals surface area contributed by atoms with Crippen LogP contribution < -0.4 is 0 Å². The second-order valence-electron chi connectivity index (χ2n) is 2.60. The number of nitro groups is 1. The molecule has 0 radical (unpaired) electrons. The number of pyridine rings is 1. The number of aromatic nitrogens is 1. The smallest absolute Gasteiger partial charge is 0.342 e. The van der Waals surface area contributed by atoms with Gasteiger partial charge in [0.1, 0.15) is 11.3 Å². The summed E-state index contributed by atoms with van der Waals surface area (Å²) < 4.78 is 24.2. The average Bonchev–Trinajstić information content (AvgIpc) is 2.15. The molecule has 1 heterocycles. The molecule has 0 aliphatic carbocycles. The third kappa shape index (κ3) is 2.40. The highest BCUT2D eigenvalue weighted by Gasteiger charge is 2.27. The van der Waals surface area contributed by atoms with Crippen molar-refractivity contribution in [3.8, 4) is 0 Å². The molecule has 1 aromatic rings. The summed E-state index contributed by atoms with van der Waals surface area (Å²) in [7, 11) is 0. The number of carbonyl (C=O) groups is 1. The fourth-order valence-corrected chi connectivity index (χ4v) is 1.74. The van der Waals surface area contributed by atoms with E-state index in [-0.39, 0.29) is 3.70 Å². The summed E-state index contributed by atoms with van der Waals surface area (Å²) >= 11 is 1.34. The molecule has 9 heteroatoms. The molecule has 6 nitrogen and oxygen atoms in total. The lowest BCUT2D eigenvalue weighted by molar-refractivity contribution is -0.386. The van der Waals surface area contributed by atoms with Gasteiger partial charge in [-0.25, -0.2) is 18.6 Å². The summed E-state index contributed by atoms with van der Waals surface area (Å²) in [5, 5.41) is 19.2. The molecular weight excluding hydrogens is 341 g/mol. The highest BCUT2D eigenvalue weighted by molar-refractivity contribution is 14.1. The zero-order valence-electron chi connectivity index (χ0n) is 7.35. The van der Waals surface area contributed by atoms with Gasteiger partial charge < -0.3 is 5.11 Å². The molecule has 0 bridgehead atoms. The van der Waals surface area contributed by atoms with Gasteiger partial charge >= 0.3 is 11.7 Å². The molecule has 0 fully saturated rings. The number of hydrogen-bond donors (Lipinski definition) is 1. The minimum Gasteiger partial charge on any atom is -0.477 e. The fourth-order valence-electron chi connectivity index (χ4n) is 0.974. The molecule has 1 N–H and O–H groups in total. The van der Waals surface area contributed by atoms with Crippen LogP contribution in [0.4, 0.5) is 14.5 Å². The van der Waals surface area contributed by atoms with Gasteiger partial charge in [-0.05, 0) is 28.7 Å². The Morgan fingerprint density at radius 3 is 2.56 bits per heavy atom. The van der Waals surface area contributed by atoms with Crippen LogP contribution in [-0.4, -0.2) is 21.0 Å². The van der Waals surface area contributed by atoms with Crippen LogP contribution in [0.5, 0.6) is 0 Å². The number of rotatable bonds is 3. The third-order valence-electron chi connectivity index (χ3n) is 1.61. The molecule has 1 rings (SSSR count). The summed E-state index contributed by atoms with van der Waals surface area (Å²) in [5.74, 6) is -1.64. The van der Waals surface area contributed by atoms with Crippen molar-refractivity contribution in [2.75, 3.05) is 0 Å². The minimum atomic E-state index is -2.98. The maximum atomic E-state index is 12.3. The third-order valence-corrected chi connectivity index (χ3v) is 2.36. The Balaban J connectivity index is 3.52. The molecular formula is C7H3F2IN2O4. The van der Waals surface area contributed by atoms with E-state index in [1.807, 2.05) is 0 Å². The van der Waals surface area contributed by atoms with Gasteiger partial charge in [0.05, 0.1) is 4.92 Å². The summed E-state index contributed by atoms with van der Waals surface area (Å²) in [6, 6.07) is 0.507. The van der Waals surface area contributed by atoms with E-state index in [4.69, 9.17) is 5.11 Å². The summed E-state index contributed by atoms with van der Waals surface area (Å²) in [4.78, 5) is 23.5. The molecule has 0 amide bonds. The van der Waals surface area contributed by atoms with Crippen molar-refractivity contribution in [2.24, 2.45) is 0 Å². The molecule has 16 heavy (non-hydrogen) atoms. The normalized spacial score (nSPS) is 10.5. The van der Waals surface area contributed by atoms with Crippen molar-refractivity contribution in [3.05, 3.63) is 31.1 Å².